The molecule has 2 aliphatic rings. The number of urea groups is 1. The summed E-state index contributed by atoms with van der Waals surface area (Å²) in [6, 6.07) is -0.352. The Hall–Kier alpha value is -0.710. The summed E-state index contributed by atoms with van der Waals surface area (Å²) >= 11 is 1.72. The lowest BCUT2D eigenvalue weighted by Crippen LogP contribution is -2.47. The molecule has 2 fully saturated rings. The van der Waals surface area contributed by atoms with Crippen LogP contribution in [0.5, 0.6) is 0 Å². The minimum absolute atomic E-state index is 0.163. The van der Waals surface area contributed by atoms with Gasteiger partial charge in [-0.25, -0.2) is 4.79 Å². The molecule has 2 rings (SSSR count). The molecular formula is C7H10N2O2S. The quantitative estimate of drug-likeness (QED) is 0.527. The fourth-order valence-corrected chi connectivity index (χ4v) is 2.96. The summed E-state index contributed by atoms with van der Waals surface area (Å²) in [5.41, 5.74) is -0.596. The Bertz CT molecular complexity index is 256. The van der Waals surface area contributed by atoms with E-state index in [1.54, 1.807) is 11.8 Å². The number of thioether (sulfide) groups is 1. The van der Waals surface area contributed by atoms with E-state index in [-0.39, 0.29) is 11.9 Å². The number of hydrogen-bond donors (Lipinski definition) is 2. The van der Waals surface area contributed by atoms with E-state index in [4.69, 9.17) is 0 Å². The van der Waals surface area contributed by atoms with E-state index in [1.165, 1.54) is 0 Å². The maximum atomic E-state index is 11.3. The van der Waals surface area contributed by atoms with Gasteiger partial charge in [0, 0.05) is 11.0 Å². The Morgan fingerprint density at radius 3 is 2.75 bits per heavy atom. The van der Waals surface area contributed by atoms with Crippen molar-refractivity contribution < 1.29 is 9.59 Å². The lowest BCUT2D eigenvalue weighted by molar-refractivity contribution is -0.123. The molecule has 5 heteroatoms. The molecule has 0 radical (unpaired) electrons. The number of rotatable bonds is 0. The van der Waals surface area contributed by atoms with Crippen molar-refractivity contribution in [2.75, 3.05) is 5.75 Å². The summed E-state index contributed by atoms with van der Waals surface area (Å²) in [6.07, 6.45) is 0.745. The molecule has 2 heterocycles. The van der Waals surface area contributed by atoms with Gasteiger partial charge in [-0.3, -0.25) is 10.1 Å². The van der Waals surface area contributed by atoms with Crippen LogP contribution in [0.15, 0.2) is 0 Å². The highest BCUT2D eigenvalue weighted by atomic mass is 32.2. The molecule has 2 aliphatic heterocycles. The van der Waals surface area contributed by atoms with Gasteiger partial charge in [-0.05, 0) is 6.42 Å². The summed E-state index contributed by atoms with van der Waals surface area (Å²) in [4.78, 5) is 22.2. The van der Waals surface area contributed by atoms with Gasteiger partial charge in [0.2, 0.25) is 0 Å². The van der Waals surface area contributed by atoms with E-state index >= 15 is 0 Å². The van der Waals surface area contributed by atoms with Crippen molar-refractivity contribution in [1.82, 2.24) is 10.6 Å². The molecule has 2 unspecified atom stereocenters. The van der Waals surface area contributed by atoms with Crippen LogP contribution in [0.3, 0.4) is 0 Å². The zero-order valence-corrected chi connectivity index (χ0v) is 7.53. The van der Waals surface area contributed by atoms with Crippen molar-refractivity contribution in [2.45, 2.75) is 24.1 Å². The summed E-state index contributed by atoms with van der Waals surface area (Å²) < 4.78 is 0. The first kappa shape index (κ1) is 7.91. The lowest BCUT2D eigenvalue weighted by Gasteiger charge is -2.17. The van der Waals surface area contributed by atoms with Crippen LogP contribution in [-0.2, 0) is 4.79 Å². The van der Waals surface area contributed by atoms with Gasteiger partial charge < -0.3 is 5.32 Å². The molecule has 3 amide bonds. The van der Waals surface area contributed by atoms with E-state index in [0.717, 1.165) is 6.42 Å². The van der Waals surface area contributed by atoms with E-state index in [0.29, 0.717) is 11.0 Å². The molecule has 12 heavy (non-hydrogen) atoms. The molecule has 0 saturated carbocycles. The van der Waals surface area contributed by atoms with Crippen molar-refractivity contribution in [1.29, 1.82) is 0 Å². The van der Waals surface area contributed by atoms with Gasteiger partial charge in [-0.1, -0.05) is 6.92 Å². The van der Waals surface area contributed by atoms with Gasteiger partial charge in [-0.15, -0.1) is 0 Å². The van der Waals surface area contributed by atoms with Crippen LogP contribution >= 0.6 is 11.8 Å². The van der Waals surface area contributed by atoms with Crippen LogP contribution in [0.25, 0.3) is 0 Å². The van der Waals surface area contributed by atoms with Crippen molar-refractivity contribution in [3.63, 3.8) is 0 Å². The summed E-state index contributed by atoms with van der Waals surface area (Å²) in [5.74, 6) is 0.538. The smallest absolute Gasteiger partial charge is 0.322 e. The molecule has 0 bridgehead atoms. The fraction of sp³-hybridized carbons (Fsp3) is 0.714. The monoisotopic (exact) mass is 186 g/mol. The number of nitrogens with one attached hydrogen (secondary N) is 2. The van der Waals surface area contributed by atoms with E-state index in [2.05, 4.69) is 17.6 Å². The fourth-order valence-electron chi connectivity index (χ4n) is 1.67. The van der Waals surface area contributed by atoms with Gasteiger partial charge >= 0.3 is 6.03 Å². The average molecular weight is 186 g/mol. The summed E-state index contributed by atoms with van der Waals surface area (Å²) in [5, 5.41) is 5.41. The first-order chi connectivity index (χ1) is 5.62. The number of amides is 3. The first-order valence-electron chi connectivity index (χ1n) is 3.88. The molecule has 2 saturated heterocycles. The number of hydrogen-bond acceptors (Lipinski definition) is 3. The minimum Gasteiger partial charge on any atom is -0.322 e. The van der Waals surface area contributed by atoms with Crippen LogP contribution in [0, 0.1) is 0 Å². The normalized spacial score (nSPS) is 40.2. The molecule has 0 aromatic carbocycles. The highest BCUT2D eigenvalue weighted by molar-refractivity contribution is 8.00. The number of imide groups is 1. The molecule has 2 atom stereocenters. The Balaban J connectivity index is 2.22. The maximum absolute atomic E-state index is 11.3. The van der Waals surface area contributed by atoms with Gasteiger partial charge in [0.15, 0.2) is 0 Å². The Morgan fingerprint density at radius 2 is 2.33 bits per heavy atom. The molecule has 0 aromatic heterocycles. The van der Waals surface area contributed by atoms with Crippen molar-refractivity contribution >= 4 is 23.7 Å². The zero-order chi connectivity index (χ0) is 8.77. The van der Waals surface area contributed by atoms with Crippen LogP contribution in [0.4, 0.5) is 4.79 Å². The third-order valence-electron chi connectivity index (χ3n) is 2.26. The van der Waals surface area contributed by atoms with Crippen molar-refractivity contribution in [3.05, 3.63) is 0 Å². The number of carbonyl (C=O) groups is 2. The Kier molecular flexibility index (Phi) is 1.57. The van der Waals surface area contributed by atoms with Gasteiger partial charge in [-0.2, -0.15) is 11.8 Å². The molecule has 66 valence electrons. The maximum Gasteiger partial charge on any atom is 0.322 e. The minimum atomic E-state index is -0.596. The molecule has 0 aliphatic carbocycles. The van der Waals surface area contributed by atoms with E-state index in [1.807, 2.05) is 0 Å². The topological polar surface area (TPSA) is 58.2 Å². The van der Waals surface area contributed by atoms with E-state index in [9.17, 15) is 9.59 Å². The number of carbonyl (C=O) groups excluding carboxylic acids is 2. The average Bonchev–Trinajstić information content (AvgIpc) is 2.43. The van der Waals surface area contributed by atoms with Crippen LogP contribution in [0.1, 0.15) is 13.3 Å². The van der Waals surface area contributed by atoms with Crippen LogP contribution < -0.4 is 10.6 Å². The van der Waals surface area contributed by atoms with Gasteiger partial charge in [0.25, 0.3) is 5.91 Å². The van der Waals surface area contributed by atoms with E-state index < -0.39 is 5.54 Å². The third-order valence-corrected chi connectivity index (χ3v) is 3.66. The highest BCUT2D eigenvalue weighted by Gasteiger charge is 2.50. The Morgan fingerprint density at radius 1 is 1.58 bits per heavy atom. The lowest BCUT2D eigenvalue weighted by atomic mass is 9.97. The molecule has 4 nitrogen and oxygen atoms in total. The predicted molar refractivity (Wildman–Crippen MR) is 45.9 cm³/mol. The second-order valence-corrected chi connectivity index (χ2v) is 4.74. The SMILES string of the molecule is CC1CC2(CS1)NC(=O)NC2=O. The van der Waals surface area contributed by atoms with Crippen LogP contribution in [-0.4, -0.2) is 28.5 Å². The second-order valence-electron chi connectivity index (χ2n) is 3.32. The third kappa shape index (κ3) is 0.998. The zero-order valence-electron chi connectivity index (χ0n) is 6.72. The highest BCUT2D eigenvalue weighted by Crippen LogP contribution is 2.35. The van der Waals surface area contributed by atoms with Gasteiger partial charge in [0.05, 0.1) is 0 Å². The molecule has 2 N–H and O–H groups in total. The van der Waals surface area contributed by atoms with Gasteiger partial charge in [0.1, 0.15) is 5.54 Å². The summed E-state index contributed by atoms with van der Waals surface area (Å²) in [7, 11) is 0. The second kappa shape index (κ2) is 2.39. The molecule has 1 spiro atoms. The first-order valence-corrected chi connectivity index (χ1v) is 4.92. The largest absolute Gasteiger partial charge is 0.322 e. The van der Waals surface area contributed by atoms with Crippen molar-refractivity contribution in [3.8, 4) is 0 Å². The summed E-state index contributed by atoms with van der Waals surface area (Å²) in [6.45, 7) is 2.07. The predicted octanol–water partition coefficient (Wildman–Crippen LogP) is 0.0900. The molecule has 0 aromatic rings. The van der Waals surface area contributed by atoms with Crippen LogP contribution in [0.2, 0.25) is 0 Å². The Labute approximate surface area is 74.5 Å². The van der Waals surface area contributed by atoms with Crippen molar-refractivity contribution in [2.24, 2.45) is 0 Å². The molecular weight excluding hydrogens is 176 g/mol. The standard InChI is InChI=1S/C7H10N2O2S/c1-4-2-7(3-12-4)5(10)8-6(11)9-7/h4H,2-3H2,1H3,(H2,8,9,10,11).